The highest BCUT2D eigenvalue weighted by Crippen LogP contribution is 2.68. The summed E-state index contributed by atoms with van der Waals surface area (Å²) < 4.78 is 5.34. The van der Waals surface area contributed by atoms with Gasteiger partial charge in [-0.3, -0.25) is 39.4 Å². The zero-order valence-electron chi connectivity index (χ0n) is 23.1. The number of anilines is 2. The first kappa shape index (κ1) is 27.9. The standard InChI is InChI=1S/C29H24N4O10/c1-4-43-28(38)21-13(2)18-19-22(26(36)30(24(19)34)14-5-9-16(10-6-14)32(39)40)29(21,3)23-20(18)25(35)31(27(23)37)15-7-11-17(12-8-15)33(41)42/h5-12,18-20,22-23H,4H2,1-3H3/t18?,19-,20+,22-,23-,29?/m1/s1. The Kier molecular flexibility index (Phi) is 6.08. The minimum atomic E-state index is -1.63. The van der Waals surface area contributed by atoms with E-state index in [1.165, 1.54) is 31.2 Å². The van der Waals surface area contributed by atoms with Crippen LogP contribution in [0.25, 0.3) is 0 Å². The number of carbonyl (C=O) groups excluding carboxylic acids is 5. The van der Waals surface area contributed by atoms with Gasteiger partial charge in [0.05, 0.1) is 51.5 Å². The maximum absolute atomic E-state index is 14.1. The van der Waals surface area contributed by atoms with Gasteiger partial charge in [-0.25, -0.2) is 14.6 Å². The SMILES string of the molecule is CCOC(=O)C1=C(C)C2[C@H]3C(=O)N(c4ccc([N+](=O)[O-])cc4)C(=O)[C@@H]3C1(C)[C@H]1C(=O)N(c3ccc([N+](=O)[O-])cc3)C(=O)[C@@H]21. The zero-order chi connectivity index (χ0) is 31.1. The zero-order valence-corrected chi connectivity index (χ0v) is 23.1. The van der Waals surface area contributed by atoms with Crippen LogP contribution in [0.15, 0.2) is 59.7 Å². The number of benzene rings is 2. The van der Waals surface area contributed by atoms with Crippen LogP contribution in [0.4, 0.5) is 22.7 Å². The molecule has 4 amide bonds. The van der Waals surface area contributed by atoms with E-state index < -0.39 is 74.4 Å². The Morgan fingerprint density at radius 1 is 0.767 bits per heavy atom. The highest BCUT2D eigenvalue weighted by atomic mass is 16.6. The molecule has 5 aliphatic rings. The Morgan fingerprint density at radius 3 is 1.51 bits per heavy atom. The van der Waals surface area contributed by atoms with Crippen molar-refractivity contribution in [2.75, 3.05) is 16.4 Å². The third kappa shape index (κ3) is 3.55. The lowest BCUT2D eigenvalue weighted by atomic mass is 9.43. The Morgan fingerprint density at radius 2 is 1.16 bits per heavy atom. The topological polar surface area (TPSA) is 187 Å². The molecular weight excluding hydrogens is 564 g/mol. The highest BCUT2D eigenvalue weighted by Gasteiger charge is 2.77. The first-order valence-electron chi connectivity index (χ1n) is 13.5. The molecule has 2 unspecified atom stereocenters. The van der Waals surface area contributed by atoms with E-state index >= 15 is 0 Å². The van der Waals surface area contributed by atoms with Gasteiger partial charge in [0, 0.05) is 41.2 Å². The Bertz CT molecular complexity index is 1590. The van der Waals surface area contributed by atoms with E-state index in [1.54, 1.807) is 13.8 Å². The molecular formula is C29H24N4O10. The van der Waals surface area contributed by atoms with Crippen molar-refractivity contribution in [2.45, 2.75) is 20.8 Å². The molecule has 14 heteroatoms. The molecule has 43 heavy (non-hydrogen) atoms. The molecule has 2 aromatic carbocycles. The molecule has 0 aromatic heterocycles. The van der Waals surface area contributed by atoms with Gasteiger partial charge in [-0.05, 0) is 38.1 Å². The smallest absolute Gasteiger partial charge is 0.334 e. The predicted molar refractivity (Wildman–Crippen MR) is 146 cm³/mol. The second kappa shape index (κ2) is 9.37. The fourth-order valence-electron chi connectivity index (χ4n) is 7.76. The van der Waals surface area contributed by atoms with E-state index in [4.69, 9.17) is 4.74 Å². The third-order valence-corrected chi connectivity index (χ3v) is 9.32. The summed E-state index contributed by atoms with van der Waals surface area (Å²) in [4.78, 5) is 92.7. The van der Waals surface area contributed by atoms with E-state index in [2.05, 4.69) is 0 Å². The number of carbonyl (C=O) groups is 5. The van der Waals surface area contributed by atoms with Gasteiger partial charge in [0.25, 0.3) is 11.4 Å². The predicted octanol–water partition coefficient (Wildman–Crippen LogP) is 2.94. The average Bonchev–Trinajstić information content (AvgIpc) is 3.39. The van der Waals surface area contributed by atoms with Gasteiger partial charge in [-0.15, -0.1) is 0 Å². The summed E-state index contributed by atoms with van der Waals surface area (Å²) in [5.41, 5.74) is -1.50. The minimum Gasteiger partial charge on any atom is -0.463 e. The van der Waals surface area contributed by atoms with E-state index in [1.807, 2.05) is 0 Å². The van der Waals surface area contributed by atoms with Crippen LogP contribution in [-0.4, -0.2) is 46.1 Å². The molecule has 0 radical (unpaired) electrons. The molecule has 2 bridgehead atoms. The fraction of sp³-hybridized carbons (Fsp3) is 0.345. The average molecular weight is 589 g/mol. The van der Waals surface area contributed by atoms with Crippen LogP contribution in [0.5, 0.6) is 0 Å². The fourth-order valence-corrected chi connectivity index (χ4v) is 7.76. The summed E-state index contributed by atoms with van der Waals surface area (Å²) in [6.45, 7) is 4.73. The minimum absolute atomic E-state index is 0.00213. The van der Waals surface area contributed by atoms with E-state index in [0.29, 0.717) is 5.57 Å². The number of ether oxygens (including phenoxy) is 1. The summed E-state index contributed by atoms with van der Waals surface area (Å²) in [5, 5.41) is 22.3. The van der Waals surface area contributed by atoms with Crippen LogP contribution < -0.4 is 9.80 Å². The van der Waals surface area contributed by atoms with Gasteiger partial charge in [-0.2, -0.15) is 0 Å². The molecule has 3 aliphatic carbocycles. The number of imide groups is 2. The molecule has 2 heterocycles. The van der Waals surface area contributed by atoms with E-state index in [-0.39, 0.29) is 34.9 Å². The number of non-ortho nitro benzene ring substituents is 2. The molecule has 2 saturated heterocycles. The summed E-state index contributed by atoms with van der Waals surface area (Å²) >= 11 is 0. The summed E-state index contributed by atoms with van der Waals surface area (Å²) in [5.74, 6) is -9.05. The number of hydrogen-bond acceptors (Lipinski definition) is 10. The van der Waals surface area contributed by atoms with Crippen molar-refractivity contribution in [1.82, 2.24) is 0 Å². The van der Waals surface area contributed by atoms with Gasteiger partial charge in [0.15, 0.2) is 0 Å². The molecule has 2 aromatic rings. The van der Waals surface area contributed by atoms with Gasteiger partial charge in [0.1, 0.15) is 0 Å². The summed E-state index contributed by atoms with van der Waals surface area (Å²) in [6, 6.07) is 9.73. The number of nitro benzene ring substituents is 2. The monoisotopic (exact) mass is 588 g/mol. The number of rotatable bonds is 6. The molecule has 0 spiro atoms. The second-order valence-corrected chi connectivity index (χ2v) is 11.2. The molecule has 220 valence electrons. The quantitative estimate of drug-likeness (QED) is 0.210. The molecule has 1 saturated carbocycles. The van der Waals surface area contributed by atoms with Crippen molar-refractivity contribution >= 4 is 52.3 Å². The van der Waals surface area contributed by atoms with Gasteiger partial charge in [0.2, 0.25) is 23.6 Å². The van der Waals surface area contributed by atoms with E-state index in [0.717, 1.165) is 34.1 Å². The van der Waals surface area contributed by atoms with Crippen LogP contribution in [0.1, 0.15) is 20.8 Å². The van der Waals surface area contributed by atoms with Gasteiger partial charge in [-0.1, -0.05) is 12.5 Å². The van der Waals surface area contributed by atoms with E-state index in [9.17, 15) is 44.2 Å². The summed E-state index contributed by atoms with van der Waals surface area (Å²) in [6.07, 6.45) is 0. The van der Waals surface area contributed by atoms with Crippen molar-refractivity contribution < 1.29 is 38.6 Å². The lowest BCUT2D eigenvalue weighted by molar-refractivity contribution is -0.385. The number of hydrogen-bond donors (Lipinski definition) is 0. The van der Waals surface area contributed by atoms with Crippen molar-refractivity contribution in [2.24, 2.45) is 35.0 Å². The first-order valence-corrected chi connectivity index (χ1v) is 13.5. The molecule has 14 nitrogen and oxygen atoms in total. The van der Waals surface area contributed by atoms with Crippen LogP contribution in [0.3, 0.4) is 0 Å². The van der Waals surface area contributed by atoms with Crippen molar-refractivity contribution in [3.63, 3.8) is 0 Å². The Labute approximate surface area is 243 Å². The third-order valence-electron chi connectivity index (χ3n) is 9.32. The number of amides is 4. The maximum atomic E-state index is 14.1. The number of nitrogens with zero attached hydrogens (tertiary/aromatic N) is 4. The number of esters is 1. The first-order chi connectivity index (χ1) is 20.4. The number of nitro groups is 2. The second-order valence-electron chi connectivity index (χ2n) is 11.2. The van der Waals surface area contributed by atoms with Crippen molar-refractivity contribution in [3.8, 4) is 0 Å². The van der Waals surface area contributed by atoms with Crippen LogP contribution in [0, 0.1) is 55.2 Å². The van der Waals surface area contributed by atoms with Crippen LogP contribution in [-0.2, 0) is 28.7 Å². The Hall–Kier alpha value is -5.27. The molecule has 7 rings (SSSR count). The lowest BCUT2D eigenvalue weighted by Crippen LogP contribution is -2.61. The van der Waals surface area contributed by atoms with Crippen LogP contribution >= 0.6 is 0 Å². The molecule has 6 atom stereocenters. The normalized spacial score (nSPS) is 29.2. The molecule has 2 aliphatic heterocycles. The Balaban J connectivity index is 1.49. The van der Waals surface area contributed by atoms with Crippen molar-refractivity contribution in [3.05, 3.63) is 79.9 Å². The molecule has 3 fully saturated rings. The maximum Gasteiger partial charge on any atom is 0.334 e. The molecule has 0 N–H and O–H groups in total. The van der Waals surface area contributed by atoms with Crippen molar-refractivity contribution in [1.29, 1.82) is 0 Å². The largest absolute Gasteiger partial charge is 0.463 e. The van der Waals surface area contributed by atoms with Gasteiger partial charge >= 0.3 is 5.97 Å². The van der Waals surface area contributed by atoms with Gasteiger partial charge < -0.3 is 4.74 Å². The van der Waals surface area contributed by atoms with Crippen LogP contribution in [0.2, 0.25) is 0 Å². The number of allylic oxidation sites excluding steroid dienone is 1. The lowest BCUT2D eigenvalue weighted by Gasteiger charge is -2.55. The summed E-state index contributed by atoms with van der Waals surface area (Å²) in [7, 11) is 0. The highest BCUT2D eigenvalue weighted by molar-refractivity contribution is 6.27.